The number of nitrogens with zero attached hydrogens (tertiary/aromatic N) is 3. The van der Waals surface area contributed by atoms with E-state index in [1.165, 1.54) is 38.5 Å². The molecule has 1 atom stereocenters. The van der Waals surface area contributed by atoms with Crippen LogP contribution in [0.3, 0.4) is 0 Å². The molecule has 2 heterocycles. The van der Waals surface area contributed by atoms with Gasteiger partial charge < -0.3 is 10.3 Å². The van der Waals surface area contributed by atoms with Gasteiger partial charge in [0, 0.05) is 43.8 Å². The number of nitrogens with two attached hydrogens (primary N) is 1. The smallest absolute Gasteiger partial charge is 0.131 e. The van der Waals surface area contributed by atoms with Gasteiger partial charge in [0.1, 0.15) is 13.5 Å². The first-order valence-corrected chi connectivity index (χ1v) is 12.1. The summed E-state index contributed by atoms with van der Waals surface area (Å²) in [6, 6.07) is 0. The molecule has 0 saturated carbocycles. The lowest BCUT2D eigenvalue weighted by Crippen LogP contribution is -2.32. The fourth-order valence-electron chi connectivity index (χ4n) is 3.37. The molecule has 0 aromatic heterocycles. The molecule has 2 aliphatic rings. The Balaban J connectivity index is 2.24. The monoisotopic (exact) mass is 382 g/mol. The van der Waals surface area contributed by atoms with Crippen molar-refractivity contribution in [2.75, 3.05) is 26.2 Å². The van der Waals surface area contributed by atoms with Crippen LogP contribution >= 0.6 is 7.41 Å². The Bertz CT molecular complexity index is 524. The number of allylic oxidation sites excluding steroid dienone is 1. The Morgan fingerprint density at radius 3 is 2.00 bits per heavy atom. The summed E-state index contributed by atoms with van der Waals surface area (Å²) in [6.07, 6.45) is 13.7. The molecule has 2 fully saturated rings. The van der Waals surface area contributed by atoms with E-state index in [4.69, 9.17) is 10.3 Å². The van der Waals surface area contributed by atoms with Crippen molar-refractivity contribution in [3.05, 3.63) is 11.9 Å². The summed E-state index contributed by atoms with van der Waals surface area (Å²) < 4.78 is 11.8. The zero-order valence-corrected chi connectivity index (χ0v) is 18.2. The van der Waals surface area contributed by atoms with Crippen LogP contribution in [0, 0.1) is 5.92 Å². The van der Waals surface area contributed by atoms with Crippen molar-refractivity contribution < 1.29 is 4.52 Å². The molecule has 6 heteroatoms. The average molecular weight is 383 g/mol. The lowest BCUT2D eigenvalue weighted by molar-refractivity contribution is 0.177. The van der Waals surface area contributed by atoms with E-state index in [1.807, 2.05) is 6.92 Å². The Morgan fingerprint density at radius 1 is 1.12 bits per heavy atom. The molecule has 1 unspecified atom stereocenters. The minimum Gasteiger partial charge on any atom is -0.401 e. The molecule has 150 valence electrons. The number of hydrogen-bond acceptors (Lipinski definition) is 5. The van der Waals surface area contributed by atoms with Crippen LogP contribution in [0.25, 0.3) is 0 Å². The van der Waals surface area contributed by atoms with Gasteiger partial charge in [-0.1, -0.05) is 39.5 Å². The van der Waals surface area contributed by atoms with Crippen LogP contribution in [-0.4, -0.2) is 53.6 Å². The van der Waals surface area contributed by atoms with E-state index in [9.17, 15) is 0 Å². The zero-order chi connectivity index (χ0) is 19.2. The minimum atomic E-state index is -1.88. The molecule has 0 amide bonds. The van der Waals surface area contributed by atoms with Crippen molar-refractivity contribution in [3.8, 4) is 0 Å². The second-order valence-corrected chi connectivity index (χ2v) is 10.5. The molecule has 2 rings (SSSR count). The van der Waals surface area contributed by atoms with Crippen molar-refractivity contribution in [3.63, 3.8) is 0 Å². The highest BCUT2D eigenvalue weighted by Gasteiger charge is 2.45. The van der Waals surface area contributed by atoms with Gasteiger partial charge in [0.2, 0.25) is 0 Å². The van der Waals surface area contributed by atoms with E-state index >= 15 is 0 Å². The molecule has 0 aliphatic carbocycles. The number of rotatable bonds is 13. The van der Waals surface area contributed by atoms with Crippen molar-refractivity contribution in [2.45, 2.75) is 72.3 Å². The first kappa shape index (κ1) is 21.7. The number of unbranched alkanes of at least 4 members (excludes halogenated alkanes) is 2. The lowest BCUT2D eigenvalue weighted by atomic mass is 9.88. The van der Waals surface area contributed by atoms with E-state index in [0.29, 0.717) is 5.92 Å². The second-order valence-electron chi connectivity index (χ2n) is 7.79. The summed E-state index contributed by atoms with van der Waals surface area (Å²) in [5.41, 5.74) is 7.59. The molecule has 0 aromatic rings. The van der Waals surface area contributed by atoms with E-state index in [0.717, 1.165) is 37.6 Å². The molecular formula is C20H39N4OP. The van der Waals surface area contributed by atoms with Crippen LogP contribution in [0.4, 0.5) is 0 Å². The van der Waals surface area contributed by atoms with E-state index in [-0.39, 0.29) is 6.10 Å². The summed E-state index contributed by atoms with van der Waals surface area (Å²) in [4.78, 5) is 4.66. The predicted octanol–water partition coefficient (Wildman–Crippen LogP) is 4.47. The number of hydrogen-bond donors (Lipinski definition) is 1. The molecule has 2 aliphatic heterocycles. The molecule has 5 nitrogen and oxygen atoms in total. The van der Waals surface area contributed by atoms with Gasteiger partial charge in [-0.25, -0.2) is 9.34 Å². The molecule has 2 saturated heterocycles. The topological polar surface area (TPSA) is 53.6 Å². The maximum atomic E-state index is 6.89. The summed E-state index contributed by atoms with van der Waals surface area (Å²) in [6.45, 7) is 13.0. The quantitative estimate of drug-likeness (QED) is 0.290. The van der Waals surface area contributed by atoms with Crippen LogP contribution in [-0.2, 0) is 4.52 Å². The van der Waals surface area contributed by atoms with E-state index in [1.54, 1.807) is 6.20 Å². The van der Waals surface area contributed by atoms with E-state index < -0.39 is 7.41 Å². The summed E-state index contributed by atoms with van der Waals surface area (Å²) >= 11 is 0. The Labute approximate surface area is 160 Å². The SMILES string of the molecule is C=P(OC(C(C)=N/C=C(\C)N)C(CCCC)CCCC)(N1CC1)N1CC1. The van der Waals surface area contributed by atoms with Crippen molar-refractivity contribution in [2.24, 2.45) is 16.6 Å². The standard InChI is InChI=1S/C20H39N4OP/c1-6-8-10-19(11-9-7-2)20(18(4)22-16-17(3)21)25-26(5,23-12-13-23)24-14-15-24/h16,19-20H,5-15,21H2,1-4H3/b17-16+,22-18?. The summed E-state index contributed by atoms with van der Waals surface area (Å²) in [5.74, 6) is 0.506. The molecule has 26 heavy (non-hydrogen) atoms. The maximum absolute atomic E-state index is 6.89. The van der Waals surface area contributed by atoms with Gasteiger partial charge in [0.05, 0.1) is 0 Å². The molecule has 2 N–H and O–H groups in total. The van der Waals surface area contributed by atoms with Gasteiger partial charge in [-0.15, -0.1) is 0 Å². The van der Waals surface area contributed by atoms with Gasteiger partial charge in [-0.05, 0) is 38.9 Å². The van der Waals surface area contributed by atoms with Crippen molar-refractivity contribution >= 4 is 19.4 Å². The highest BCUT2D eigenvalue weighted by molar-refractivity contribution is 7.65. The van der Waals surface area contributed by atoms with Crippen molar-refractivity contribution in [1.29, 1.82) is 0 Å². The highest BCUT2D eigenvalue weighted by Crippen LogP contribution is 2.62. The average Bonchev–Trinajstić information content (AvgIpc) is 3.49. The van der Waals surface area contributed by atoms with Crippen LogP contribution in [0.2, 0.25) is 0 Å². The first-order valence-electron chi connectivity index (χ1n) is 10.3. The number of aliphatic imine (C=N–C) groups is 1. The Hall–Kier alpha value is -0.610. The first-order chi connectivity index (χ1) is 12.4. The fraction of sp³-hybridized carbons (Fsp3) is 0.800. The molecule has 0 radical (unpaired) electrons. The summed E-state index contributed by atoms with van der Waals surface area (Å²) in [5, 5.41) is 0. The van der Waals surface area contributed by atoms with Crippen LogP contribution < -0.4 is 5.73 Å². The Morgan fingerprint density at radius 2 is 1.62 bits per heavy atom. The lowest BCUT2D eigenvalue weighted by Gasteiger charge is -2.35. The highest BCUT2D eigenvalue weighted by atomic mass is 31.2. The van der Waals surface area contributed by atoms with Gasteiger partial charge >= 0.3 is 0 Å². The largest absolute Gasteiger partial charge is 0.401 e. The maximum Gasteiger partial charge on any atom is 0.131 e. The van der Waals surface area contributed by atoms with Crippen LogP contribution in [0.15, 0.2) is 16.9 Å². The second kappa shape index (κ2) is 10.1. The van der Waals surface area contributed by atoms with Crippen LogP contribution in [0.5, 0.6) is 0 Å². The predicted molar refractivity (Wildman–Crippen MR) is 116 cm³/mol. The van der Waals surface area contributed by atoms with Gasteiger partial charge in [-0.3, -0.25) is 4.99 Å². The molecule has 0 spiro atoms. The van der Waals surface area contributed by atoms with Crippen molar-refractivity contribution in [1.82, 2.24) is 9.34 Å². The Kier molecular flexibility index (Phi) is 8.41. The minimum absolute atomic E-state index is 0.0377. The third-order valence-electron chi connectivity index (χ3n) is 5.18. The third-order valence-corrected chi connectivity index (χ3v) is 8.31. The normalized spacial score (nSPS) is 20.7. The van der Waals surface area contributed by atoms with Gasteiger partial charge in [-0.2, -0.15) is 0 Å². The van der Waals surface area contributed by atoms with E-state index in [2.05, 4.69) is 41.4 Å². The molecule has 0 aromatic carbocycles. The summed E-state index contributed by atoms with van der Waals surface area (Å²) in [7, 11) is -1.88. The van der Waals surface area contributed by atoms with Gasteiger partial charge in [0.15, 0.2) is 0 Å². The fourth-order valence-corrected chi connectivity index (χ4v) is 6.11. The van der Waals surface area contributed by atoms with Crippen LogP contribution in [0.1, 0.15) is 66.2 Å². The molecular weight excluding hydrogens is 343 g/mol. The molecule has 0 bridgehead atoms. The van der Waals surface area contributed by atoms with Gasteiger partial charge in [0.25, 0.3) is 0 Å². The third kappa shape index (κ3) is 6.23. The zero-order valence-electron chi connectivity index (χ0n) is 17.3.